The Morgan fingerprint density at radius 1 is 1.04 bits per heavy atom. The molecular formula is C15H14F3N5O2. The number of nitrogens with zero attached hydrogens (tertiary/aromatic N) is 2. The molecule has 2 rings (SSSR count). The molecule has 2 amide bonds. The van der Waals surface area contributed by atoms with Crippen molar-refractivity contribution in [3.63, 3.8) is 0 Å². The van der Waals surface area contributed by atoms with E-state index in [1.807, 2.05) is 0 Å². The van der Waals surface area contributed by atoms with Crippen LogP contribution in [-0.2, 0) is 6.18 Å². The minimum absolute atomic E-state index is 0.109. The highest BCUT2D eigenvalue weighted by molar-refractivity contribution is 5.95. The normalized spacial score (nSPS) is 11.0. The predicted octanol–water partition coefficient (Wildman–Crippen LogP) is 1.44. The number of aromatic nitrogens is 2. The Labute approximate surface area is 140 Å². The SMILES string of the molecule is NC(=O)c1ccc(C(=O)NCCNc2ccc(C(F)(F)F)cn2)nc1. The van der Waals surface area contributed by atoms with E-state index in [1.165, 1.54) is 24.4 Å². The lowest BCUT2D eigenvalue weighted by Crippen LogP contribution is -2.29. The molecule has 0 fully saturated rings. The molecule has 10 heteroatoms. The van der Waals surface area contributed by atoms with Crippen molar-refractivity contribution in [3.8, 4) is 0 Å². The van der Waals surface area contributed by atoms with Gasteiger partial charge in [-0.1, -0.05) is 0 Å². The second kappa shape index (κ2) is 7.60. The van der Waals surface area contributed by atoms with Crippen molar-refractivity contribution in [1.82, 2.24) is 15.3 Å². The van der Waals surface area contributed by atoms with Gasteiger partial charge in [-0.05, 0) is 24.3 Å². The fraction of sp³-hybridized carbons (Fsp3) is 0.200. The van der Waals surface area contributed by atoms with Gasteiger partial charge in [0.2, 0.25) is 5.91 Å². The maximum absolute atomic E-state index is 12.4. The number of nitrogens with one attached hydrogen (secondary N) is 2. The summed E-state index contributed by atoms with van der Waals surface area (Å²) in [4.78, 5) is 30.2. The first kappa shape index (κ1) is 18.2. The van der Waals surface area contributed by atoms with Gasteiger partial charge in [-0.15, -0.1) is 0 Å². The van der Waals surface area contributed by atoms with Crippen molar-refractivity contribution >= 4 is 17.6 Å². The van der Waals surface area contributed by atoms with Gasteiger partial charge < -0.3 is 16.4 Å². The first-order valence-electron chi connectivity index (χ1n) is 7.08. The van der Waals surface area contributed by atoms with Gasteiger partial charge in [-0.25, -0.2) is 4.98 Å². The van der Waals surface area contributed by atoms with Crippen LogP contribution in [0, 0.1) is 0 Å². The summed E-state index contributed by atoms with van der Waals surface area (Å²) >= 11 is 0. The zero-order valence-electron chi connectivity index (χ0n) is 12.8. The van der Waals surface area contributed by atoms with Crippen molar-refractivity contribution in [2.75, 3.05) is 18.4 Å². The van der Waals surface area contributed by atoms with Gasteiger partial charge >= 0.3 is 6.18 Å². The van der Waals surface area contributed by atoms with Crippen molar-refractivity contribution < 1.29 is 22.8 Å². The summed E-state index contributed by atoms with van der Waals surface area (Å²) in [7, 11) is 0. The predicted molar refractivity (Wildman–Crippen MR) is 82.8 cm³/mol. The van der Waals surface area contributed by atoms with Crippen LogP contribution in [0.1, 0.15) is 26.4 Å². The maximum Gasteiger partial charge on any atom is 0.417 e. The van der Waals surface area contributed by atoms with E-state index >= 15 is 0 Å². The van der Waals surface area contributed by atoms with Gasteiger partial charge in [0.05, 0.1) is 11.1 Å². The van der Waals surface area contributed by atoms with Crippen LogP contribution < -0.4 is 16.4 Å². The van der Waals surface area contributed by atoms with Gasteiger partial charge in [-0.2, -0.15) is 13.2 Å². The minimum Gasteiger partial charge on any atom is -0.368 e. The summed E-state index contributed by atoms with van der Waals surface area (Å²) in [6, 6.07) is 4.86. The third-order valence-electron chi connectivity index (χ3n) is 3.09. The Hall–Kier alpha value is -3.17. The molecule has 132 valence electrons. The molecule has 0 saturated carbocycles. The molecule has 0 aliphatic heterocycles. The quantitative estimate of drug-likeness (QED) is 0.681. The summed E-state index contributed by atoms with van der Waals surface area (Å²) in [5.41, 5.74) is 4.53. The van der Waals surface area contributed by atoms with Crippen LogP contribution >= 0.6 is 0 Å². The third kappa shape index (κ3) is 5.16. The lowest BCUT2D eigenvalue weighted by molar-refractivity contribution is -0.137. The van der Waals surface area contributed by atoms with Crippen molar-refractivity contribution in [1.29, 1.82) is 0 Å². The number of nitrogens with two attached hydrogens (primary N) is 1. The van der Waals surface area contributed by atoms with Crippen LogP contribution in [0.2, 0.25) is 0 Å². The smallest absolute Gasteiger partial charge is 0.368 e. The molecule has 2 aromatic heterocycles. The molecule has 2 heterocycles. The number of amides is 2. The number of hydrogen-bond acceptors (Lipinski definition) is 5. The summed E-state index contributed by atoms with van der Waals surface area (Å²) in [6.45, 7) is 0.449. The highest BCUT2D eigenvalue weighted by Crippen LogP contribution is 2.28. The lowest BCUT2D eigenvalue weighted by Gasteiger charge is -2.09. The van der Waals surface area contributed by atoms with E-state index in [9.17, 15) is 22.8 Å². The number of pyridine rings is 2. The van der Waals surface area contributed by atoms with E-state index < -0.39 is 23.6 Å². The average molecular weight is 353 g/mol. The Morgan fingerprint density at radius 2 is 1.80 bits per heavy atom. The fourth-order valence-electron chi connectivity index (χ4n) is 1.80. The Balaban J connectivity index is 1.78. The maximum atomic E-state index is 12.4. The molecule has 0 atom stereocenters. The number of primary amides is 1. The summed E-state index contributed by atoms with van der Waals surface area (Å²) < 4.78 is 37.2. The van der Waals surface area contributed by atoms with E-state index in [0.29, 0.717) is 0 Å². The van der Waals surface area contributed by atoms with Gasteiger partial charge in [-0.3, -0.25) is 14.6 Å². The van der Waals surface area contributed by atoms with Crippen molar-refractivity contribution in [2.24, 2.45) is 5.73 Å². The molecule has 0 aliphatic carbocycles. The zero-order chi connectivity index (χ0) is 18.4. The fourth-order valence-corrected chi connectivity index (χ4v) is 1.80. The Bertz CT molecular complexity index is 745. The number of hydrogen-bond donors (Lipinski definition) is 3. The van der Waals surface area contributed by atoms with Gasteiger partial charge in [0.25, 0.3) is 5.91 Å². The van der Waals surface area contributed by atoms with E-state index in [4.69, 9.17) is 5.73 Å². The molecule has 0 aliphatic rings. The molecule has 0 aromatic carbocycles. The topological polar surface area (TPSA) is 110 Å². The standard InChI is InChI=1S/C15H14F3N5O2/c16-15(17,18)10-2-4-12(23-8-10)20-5-6-21-14(25)11-3-1-9(7-22-11)13(19)24/h1-4,7-8H,5-6H2,(H2,19,24)(H,20,23)(H,21,25). The highest BCUT2D eigenvalue weighted by Gasteiger charge is 2.30. The van der Waals surface area contributed by atoms with E-state index in [0.717, 1.165) is 12.3 Å². The van der Waals surface area contributed by atoms with E-state index in [-0.39, 0.29) is 30.2 Å². The van der Waals surface area contributed by atoms with Crippen LogP contribution in [0.15, 0.2) is 36.7 Å². The van der Waals surface area contributed by atoms with E-state index in [2.05, 4.69) is 20.6 Å². The molecule has 25 heavy (non-hydrogen) atoms. The molecule has 2 aromatic rings. The molecule has 0 spiro atoms. The first-order chi connectivity index (χ1) is 11.8. The molecule has 0 unspecified atom stereocenters. The highest BCUT2D eigenvalue weighted by atomic mass is 19.4. The Kier molecular flexibility index (Phi) is 5.52. The minimum atomic E-state index is -4.43. The van der Waals surface area contributed by atoms with Crippen LogP contribution in [0.3, 0.4) is 0 Å². The molecule has 7 nitrogen and oxygen atoms in total. The molecule has 0 saturated heterocycles. The van der Waals surface area contributed by atoms with Crippen molar-refractivity contribution in [3.05, 3.63) is 53.5 Å². The number of carbonyl (C=O) groups is 2. The van der Waals surface area contributed by atoms with Gasteiger partial charge in [0.1, 0.15) is 11.5 Å². The van der Waals surface area contributed by atoms with Crippen LogP contribution in [-0.4, -0.2) is 34.9 Å². The third-order valence-corrected chi connectivity index (χ3v) is 3.09. The lowest BCUT2D eigenvalue weighted by atomic mass is 10.2. The second-order valence-corrected chi connectivity index (χ2v) is 4.91. The Morgan fingerprint density at radius 3 is 2.32 bits per heavy atom. The van der Waals surface area contributed by atoms with Crippen LogP contribution in [0.4, 0.5) is 19.0 Å². The van der Waals surface area contributed by atoms with Crippen LogP contribution in [0.5, 0.6) is 0 Å². The monoisotopic (exact) mass is 353 g/mol. The first-order valence-corrected chi connectivity index (χ1v) is 7.08. The second-order valence-electron chi connectivity index (χ2n) is 4.91. The van der Waals surface area contributed by atoms with Crippen molar-refractivity contribution in [2.45, 2.75) is 6.18 Å². The molecular weight excluding hydrogens is 339 g/mol. The largest absolute Gasteiger partial charge is 0.417 e. The number of halogens is 3. The number of rotatable bonds is 6. The summed E-state index contributed by atoms with van der Waals surface area (Å²) in [6.07, 6.45) is -2.51. The zero-order valence-corrected chi connectivity index (χ0v) is 12.8. The summed E-state index contributed by atoms with van der Waals surface area (Å²) in [5.74, 6) is -0.850. The summed E-state index contributed by atoms with van der Waals surface area (Å²) in [5, 5.41) is 5.35. The van der Waals surface area contributed by atoms with Gasteiger partial charge in [0, 0.05) is 25.5 Å². The number of carbonyl (C=O) groups excluding carboxylic acids is 2. The number of alkyl halides is 3. The molecule has 4 N–H and O–H groups in total. The van der Waals surface area contributed by atoms with E-state index in [1.54, 1.807) is 0 Å². The molecule has 0 bridgehead atoms. The number of anilines is 1. The van der Waals surface area contributed by atoms with Gasteiger partial charge in [0.15, 0.2) is 0 Å². The molecule has 0 radical (unpaired) electrons. The van der Waals surface area contributed by atoms with Crippen LogP contribution in [0.25, 0.3) is 0 Å². The average Bonchev–Trinajstić information content (AvgIpc) is 2.58.